The molecule has 0 fully saturated rings. The fourth-order valence-electron chi connectivity index (χ4n) is 2.00. The van der Waals surface area contributed by atoms with Gasteiger partial charge in [0.05, 0.1) is 5.69 Å². The summed E-state index contributed by atoms with van der Waals surface area (Å²) in [7, 11) is 0. The van der Waals surface area contributed by atoms with Gasteiger partial charge in [0.15, 0.2) is 0 Å². The van der Waals surface area contributed by atoms with Gasteiger partial charge >= 0.3 is 12.1 Å². The Bertz CT molecular complexity index is 770. The molecular formula is C17H21FN4O5. The highest BCUT2D eigenvalue weighted by atomic mass is 19.1. The van der Waals surface area contributed by atoms with E-state index >= 15 is 0 Å². The van der Waals surface area contributed by atoms with Crippen LogP contribution in [0.2, 0.25) is 0 Å². The van der Waals surface area contributed by atoms with Gasteiger partial charge in [0.1, 0.15) is 24.1 Å². The van der Waals surface area contributed by atoms with Crippen LogP contribution in [0.5, 0.6) is 0 Å². The van der Waals surface area contributed by atoms with Crippen molar-refractivity contribution in [2.75, 3.05) is 29.1 Å². The van der Waals surface area contributed by atoms with Crippen molar-refractivity contribution in [1.29, 1.82) is 0 Å². The van der Waals surface area contributed by atoms with Gasteiger partial charge in [-0.25, -0.2) is 19.0 Å². The number of nitrogens with one attached hydrogen (secondary N) is 1. The van der Waals surface area contributed by atoms with Crippen molar-refractivity contribution in [1.82, 2.24) is 4.98 Å². The number of aromatic nitrogens is 1. The molecule has 0 saturated carbocycles. The minimum Gasteiger partial charge on any atom is -0.480 e. The lowest BCUT2D eigenvalue weighted by molar-refractivity contribution is -0.140. The van der Waals surface area contributed by atoms with Crippen LogP contribution in [-0.4, -0.2) is 45.5 Å². The smallest absolute Gasteiger partial charge is 0.411 e. The van der Waals surface area contributed by atoms with Gasteiger partial charge < -0.3 is 26.4 Å². The van der Waals surface area contributed by atoms with Crippen molar-refractivity contribution < 1.29 is 29.3 Å². The summed E-state index contributed by atoms with van der Waals surface area (Å²) in [5, 5.41) is 27.2. The largest absolute Gasteiger partial charge is 0.480 e. The zero-order chi connectivity index (χ0) is 20.4. The van der Waals surface area contributed by atoms with Crippen LogP contribution in [0.1, 0.15) is 12.5 Å². The maximum atomic E-state index is 12.8. The maximum Gasteiger partial charge on any atom is 0.411 e. The highest BCUT2D eigenvalue weighted by Crippen LogP contribution is 2.23. The molecule has 1 aromatic heterocycles. The standard InChI is InChI=1S/C15H17FN4O2.C2H4O3/c1-2-20(15(21)22)12-7-8-13(19-14(12)17)18-9-10-3-5-11(16)6-4-10;3-1-2(4)5/h3-8H,2,9H2,1H3,(H,21,22)(H3,17,18,19);3H,1H2,(H,4,5). The number of nitrogens with two attached hydrogens (primary N) is 1. The summed E-state index contributed by atoms with van der Waals surface area (Å²) >= 11 is 0. The monoisotopic (exact) mass is 380 g/mol. The van der Waals surface area contributed by atoms with E-state index in [4.69, 9.17) is 25.8 Å². The second kappa shape index (κ2) is 10.6. The molecule has 1 aromatic carbocycles. The molecular weight excluding hydrogens is 359 g/mol. The number of aliphatic hydroxyl groups is 1. The molecule has 0 aliphatic heterocycles. The molecule has 0 aliphatic rings. The van der Waals surface area contributed by atoms with Crippen LogP contribution in [0, 0.1) is 5.82 Å². The summed E-state index contributed by atoms with van der Waals surface area (Å²) in [5.41, 5.74) is 7.06. The zero-order valence-electron chi connectivity index (χ0n) is 14.6. The third-order valence-corrected chi connectivity index (χ3v) is 3.26. The molecule has 0 aliphatic carbocycles. The number of aliphatic hydroxyl groups excluding tert-OH is 1. The Morgan fingerprint density at radius 3 is 2.22 bits per heavy atom. The maximum absolute atomic E-state index is 12.8. The number of aliphatic carboxylic acids is 1. The van der Waals surface area contributed by atoms with E-state index in [1.54, 1.807) is 31.2 Å². The first-order valence-corrected chi connectivity index (χ1v) is 7.86. The quantitative estimate of drug-likeness (QED) is 0.511. The molecule has 1 amide bonds. The lowest BCUT2D eigenvalue weighted by Gasteiger charge is -2.19. The van der Waals surface area contributed by atoms with Crippen LogP contribution in [0.4, 0.5) is 26.5 Å². The van der Waals surface area contributed by atoms with Gasteiger partial charge in [0, 0.05) is 13.1 Å². The Morgan fingerprint density at radius 2 is 1.78 bits per heavy atom. The van der Waals surface area contributed by atoms with E-state index in [2.05, 4.69) is 10.3 Å². The van der Waals surface area contributed by atoms with Crippen molar-refractivity contribution in [3.05, 3.63) is 47.8 Å². The van der Waals surface area contributed by atoms with Crippen molar-refractivity contribution in [2.24, 2.45) is 0 Å². The first-order valence-electron chi connectivity index (χ1n) is 7.86. The average molecular weight is 380 g/mol. The van der Waals surface area contributed by atoms with Crippen molar-refractivity contribution >= 4 is 29.4 Å². The lowest BCUT2D eigenvalue weighted by Crippen LogP contribution is -2.29. The summed E-state index contributed by atoms with van der Waals surface area (Å²) in [4.78, 5) is 25.5. The number of hydrogen-bond acceptors (Lipinski definition) is 6. The van der Waals surface area contributed by atoms with E-state index in [0.717, 1.165) is 10.5 Å². The summed E-state index contributed by atoms with van der Waals surface area (Å²) in [6.07, 6.45) is -1.08. The number of nitrogen functional groups attached to an aromatic ring is 1. The highest BCUT2D eigenvalue weighted by molar-refractivity contribution is 5.89. The first-order chi connectivity index (χ1) is 12.8. The van der Waals surface area contributed by atoms with Crippen LogP contribution < -0.4 is 16.0 Å². The number of rotatable bonds is 6. The summed E-state index contributed by atoms with van der Waals surface area (Å²) in [5.74, 6) is -0.825. The first kappa shape index (κ1) is 21.6. The number of amides is 1. The van der Waals surface area contributed by atoms with Crippen LogP contribution >= 0.6 is 0 Å². The molecule has 10 heteroatoms. The Hall–Kier alpha value is -3.40. The highest BCUT2D eigenvalue weighted by Gasteiger charge is 2.15. The van der Waals surface area contributed by atoms with Gasteiger partial charge in [-0.15, -0.1) is 0 Å². The Kier molecular flexibility index (Phi) is 8.46. The van der Waals surface area contributed by atoms with Crippen LogP contribution in [-0.2, 0) is 11.3 Å². The zero-order valence-corrected chi connectivity index (χ0v) is 14.6. The van der Waals surface area contributed by atoms with Gasteiger partial charge in [-0.05, 0) is 36.8 Å². The number of carboxylic acid groups (broad SMARTS) is 2. The number of anilines is 3. The number of benzene rings is 1. The molecule has 6 N–H and O–H groups in total. The van der Waals surface area contributed by atoms with Gasteiger partial charge in [-0.2, -0.15) is 0 Å². The molecule has 146 valence electrons. The molecule has 27 heavy (non-hydrogen) atoms. The summed E-state index contributed by atoms with van der Waals surface area (Å²) in [6, 6.07) is 9.36. The minimum absolute atomic E-state index is 0.133. The Balaban J connectivity index is 0.000000646. The van der Waals surface area contributed by atoms with Crippen LogP contribution in [0.25, 0.3) is 0 Å². The fourth-order valence-corrected chi connectivity index (χ4v) is 2.00. The molecule has 2 aromatic rings. The predicted octanol–water partition coefficient (Wildman–Crippen LogP) is 1.98. The number of carboxylic acids is 1. The SMILES string of the molecule is CCN(C(=O)O)c1ccc(NCc2ccc(F)cc2)nc1N.O=C(O)CO. The molecule has 0 atom stereocenters. The second-order valence-electron chi connectivity index (χ2n) is 5.16. The van der Waals surface area contributed by atoms with Crippen molar-refractivity contribution in [3.63, 3.8) is 0 Å². The Morgan fingerprint density at radius 1 is 1.19 bits per heavy atom. The summed E-state index contributed by atoms with van der Waals surface area (Å²) < 4.78 is 12.8. The van der Waals surface area contributed by atoms with Gasteiger partial charge in [-0.1, -0.05) is 12.1 Å². The van der Waals surface area contributed by atoms with Crippen molar-refractivity contribution in [3.8, 4) is 0 Å². The molecule has 0 saturated heterocycles. The number of hydrogen-bond donors (Lipinski definition) is 5. The molecule has 0 spiro atoms. The normalized spacial score (nSPS) is 9.74. The number of carbonyl (C=O) groups is 2. The van der Waals surface area contributed by atoms with Gasteiger partial charge in [0.2, 0.25) is 0 Å². The van der Waals surface area contributed by atoms with Crippen molar-refractivity contribution in [2.45, 2.75) is 13.5 Å². The molecule has 0 unspecified atom stereocenters. The fraction of sp³-hybridized carbons (Fsp3) is 0.235. The van der Waals surface area contributed by atoms with Gasteiger partial charge in [0.25, 0.3) is 0 Å². The van der Waals surface area contributed by atoms with E-state index in [0.29, 0.717) is 18.1 Å². The molecule has 2 rings (SSSR count). The second-order valence-corrected chi connectivity index (χ2v) is 5.16. The van der Waals surface area contributed by atoms with Gasteiger partial charge in [-0.3, -0.25) is 4.90 Å². The topological polar surface area (TPSA) is 149 Å². The predicted molar refractivity (Wildman–Crippen MR) is 98.1 cm³/mol. The minimum atomic E-state index is -1.19. The third-order valence-electron chi connectivity index (χ3n) is 3.26. The third kappa shape index (κ3) is 7.16. The number of nitrogens with zero attached hydrogens (tertiary/aromatic N) is 2. The number of halogens is 1. The van der Waals surface area contributed by atoms with Crippen LogP contribution in [0.15, 0.2) is 36.4 Å². The van der Waals surface area contributed by atoms with E-state index in [1.165, 1.54) is 12.1 Å². The average Bonchev–Trinajstić information content (AvgIpc) is 2.63. The van der Waals surface area contributed by atoms with Crippen LogP contribution in [0.3, 0.4) is 0 Å². The van der Waals surface area contributed by atoms with E-state index in [9.17, 15) is 9.18 Å². The van der Waals surface area contributed by atoms with E-state index in [-0.39, 0.29) is 18.2 Å². The molecule has 9 nitrogen and oxygen atoms in total. The number of pyridine rings is 1. The van der Waals surface area contributed by atoms with E-state index in [1.807, 2.05) is 0 Å². The van der Waals surface area contributed by atoms with E-state index < -0.39 is 18.7 Å². The molecule has 0 radical (unpaired) electrons. The molecule has 1 heterocycles. The lowest BCUT2D eigenvalue weighted by atomic mass is 10.2. The Labute approximate surface area is 154 Å². The molecule has 0 bridgehead atoms. The summed E-state index contributed by atoms with van der Waals surface area (Å²) in [6.45, 7) is 1.68.